The number of hydrogen-bond acceptors (Lipinski definition) is 2. The van der Waals surface area contributed by atoms with E-state index in [1.165, 1.54) is 0 Å². The zero-order chi connectivity index (χ0) is 13.8. The van der Waals surface area contributed by atoms with Crippen LogP contribution in [0.3, 0.4) is 0 Å². The fraction of sp³-hybridized carbons (Fsp3) is 0.0714. The Hall–Kier alpha value is -2.07. The number of rotatable bonds is 3. The van der Waals surface area contributed by atoms with Gasteiger partial charge in [-0.3, -0.25) is 4.79 Å². The second-order valence-electron chi connectivity index (χ2n) is 3.91. The van der Waals surface area contributed by atoms with Gasteiger partial charge in [0.25, 0.3) is 5.91 Å². The maximum Gasteiger partial charge on any atom is 0.259 e. The summed E-state index contributed by atoms with van der Waals surface area (Å²) in [5.74, 6) is -1.21. The topological polar surface area (TPSA) is 49.3 Å². The summed E-state index contributed by atoms with van der Waals surface area (Å²) < 4.78 is 13.1. The van der Waals surface area contributed by atoms with Crippen molar-refractivity contribution in [1.82, 2.24) is 0 Å². The highest BCUT2D eigenvalue weighted by Gasteiger charge is 2.13. The molecular weight excluding hydrogens is 269 g/mol. The minimum atomic E-state index is -0.589. The molecule has 0 unspecified atom stereocenters. The summed E-state index contributed by atoms with van der Waals surface area (Å²) in [7, 11) is 0. The lowest BCUT2D eigenvalue weighted by atomic mass is 10.1. The summed E-state index contributed by atoms with van der Waals surface area (Å²) in [6.07, 6.45) is 0. The van der Waals surface area contributed by atoms with E-state index in [4.69, 9.17) is 11.6 Å². The first-order chi connectivity index (χ1) is 9.11. The van der Waals surface area contributed by atoms with Gasteiger partial charge < -0.3 is 10.4 Å². The first-order valence-electron chi connectivity index (χ1n) is 5.55. The summed E-state index contributed by atoms with van der Waals surface area (Å²) in [6, 6.07) is 10.2. The highest BCUT2D eigenvalue weighted by atomic mass is 35.5. The Morgan fingerprint density at radius 3 is 2.74 bits per heavy atom. The van der Waals surface area contributed by atoms with Crippen LogP contribution < -0.4 is 5.32 Å². The summed E-state index contributed by atoms with van der Waals surface area (Å²) in [5.41, 5.74) is 1.16. The van der Waals surface area contributed by atoms with Crippen molar-refractivity contribution in [1.29, 1.82) is 0 Å². The second-order valence-corrected chi connectivity index (χ2v) is 4.17. The number of aromatic hydroxyl groups is 1. The van der Waals surface area contributed by atoms with Crippen LogP contribution in [-0.4, -0.2) is 11.0 Å². The van der Waals surface area contributed by atoms with E-state index >= 15 is 0 Å². The summed E-state index contributed by atoms with van der Waals surface area (Å²) in [5, 5.41) is 12.2. The van der Waals surface area contributed by atoms with Gasteiger partial charge >= 0.3 is 0 Å². The third kappa shape index (κ3) is 3.03. The standard InChI is InChI=1S/C14H11ClFNO2/c15-8-9-3-1-2-4-12(9)17-14(19)11-7-10(16)5-6-13(11)18/h1-7,18H,8H2,(H,17,19). The number of benzene rings is 2. The number of anilines is 1. The fourth-order valence-electron chi connectivity index (χ4n) is 1.64. The van der Waals surface area contributed by atoms with E-state index in [9.17, 15) is 14.3 Å². The van der Waals surface area contributed by atoms with E-state index in [1.807, 2.05) is 0 Å². The Bertz CT molecular complexity index is 616. The molecule has 2 rings (SSSR count). The number of phenolic OH excluding ortho intramolecular Hbond substituents is 1. The Morgan fingerprint density at radius 2 is 2.00 bits per heavy atom. The third-order valence-electron chi connectivity index (χ3n) is 2.61. The monoisotopic (exact) mass is 279 g/mol. The van der Waals surface area contributed by atoms with Gasteiger partial charge in [-0.15, -0.1) is 11.6 Å². The number of carbonyl (C=O) groups is 1. The molecule has 2 aromatic rings. The minimum Gasteiger partial charge on any atom is -0.507 e. The van der Waals surface area contributed by atoms with Gasteiger partial charge in [0.1, 0.15) is 11.6 Å². The van der Waals surface area contributed by atoms with Gasteiger partial charge in [-0.1, -0.05) is 18.2 Å². The van der Waals surface area contributed by atoms with Crippen LogP contribution in [0.2, 0.25) is 0 Å². The number of amides is 1. The van der Waals surface area contributed by atoms with Gasteiger partial charge in [-0.2, -0.15) is 0 Å². The van der Waals surface area contributed by atoms with Gasteiger partial charge in [0.2, 0.25) is 0 Å². The van der Waals surface area contributed by atoms with Crippen LogP contribution in [0.15, 0.2) is 42.5 Å². The normalized spacial score (nSPS) is 10.2. The summed E-state index contributed by atoms with van der Waals surface area (Å²) in [4.78, 5) is 12.0. The van der Waals surface area contributed by atoms with Crippen LogP contribution in [0.25, 0.3) is 0 Å². The molecule has 0 radical (unpaired) electrons. The Morgan fingerprint density at radius 1 is 1.26 bits per heavy atom. The molecule has 0 aromatic heterocycles. The second kappa shape index (κ2) is 5.71. The number of phenols is 1. The lowest BCUT2D eigenvalue weighted by Gasteiger charge is -2.10. The van der Waals surface area contributed by atoms with Crippen molar-refractivity contribution in [3.05, 3.63) is 59.4 Å². The van der Waals surface area contributed by atoms with Crippen molar-refractivity contribution < 1.29 is 14.3 Å². The molecule has 19 heavy (non-hydrogen) atoms. The number of halogens is 2. The van der Waals surface area contributed by atoms with Crippen molar-refractivity contribution in [3.8, 4) is 5.75 Å². The zero-order valence-corrected chi connectivity index (χ0v) is 10.6. The summed E-state index contributed by atoms with van der Waals surface area (Å²) in [6.45, 7) is 0. The van der Waals surface area contributed by atoms with E-state index in [-0.39, 0.29) is 17.2 Å². The molecule has 0 fully saturated rings. The van der Waals surface area contributed by atoms with Gasteiger partial charge in [0, 0.05) is 11.6 Å². The maximum absolute atomic E-state index is 13.1. The van der Waals surface area contributed by atoms with Crippen molar-refractivity contribution in [2.75, 3.05) is 5.32 Å². The average Bonchev–Trinajstić information content (AvgIpc) is 2.42. The molecule has 1 amide bonds. The predicted molar refractivity (Wildman–Crippen MR) is 72.0 cm³/mol. The Labute approximate surface area is 114 Å². The van der Waals surface area contributed by atoms with Crippen LogP contribution in [0.5, 0.6) is 5.75 Å². The van der Waals surface area contributed by atoms with Crippen molar-refractivity contribution in [2.45, 2.75) is 5.88 Å². The van der Waals surface area contributed by atoms with Crippen LogP contribution in [0.4, 0.5) is 10.1 Å². The van der Waals surface area contributed by atoms with E-state index in [0.717, 1.165) is 23.8 Å². The third-order valence-corrected chi connectivity index (χ3v) is 2.90. The highest BCUT2D eigenvalue weighted by Crippen LogP contribution is 2.22. The van der Waals surface area contributed by atoms with Crippen molar-refractivity contribution in [3.63, 3.8) is 0 Å². The molecule has 0 aliphatic carbocycles. The molecule has 0 saturated carbocycles. The van der Waals surface area contributed by atoms with E-state index in [0.29, 0.717) is 5.69 Å². The molecule has 0 heterocycles. The van der Waals surface area contributed by atoms with Crippen LogP contribution >= 0.6 is 11.6 Å². The highest BCUT2D eigenvalue weighted by molar-refractivity contribution is 6.17. The zero-order valence-electron chi connectivity index (χ0n) is 9.86. The Kier molecular flexibility index (Phi) is 4.02. The van der Waals surface area contributed by atoms with Gasteiger partial charge in [-0.25, -0.2) is 4.39 Å². The van der Waals surface area contributed by atoms with E-state index in [2.05, 4.69) is 5.32 Å². The number of alkyl halides is 1. The van der Waals surface area contributed by atoms with Crippen LogP contribution in [-0.2, 0) is 5.88 Å². The molecule has 2 aromatic carbocycles. The molecule has 0 bridgehead atoms. The lowest BCUT2D eigenvalue weighted by molar-refractivity contribution is 0.102. The predicted octanol–water partition coefficient (Wildman–Crippen LogP) is 3.52. The van der Waals surface area contributed by atoms with Gasteiger partial charge in [-0.05, 0) is 29.8 Å². The molecule has 0 aliphatic heterocycles. The number of hydrogen-bond donors (Lipinski definition) is 2. The molecule has 3 nitrogen and oxygen atoms in total. The molecule has 5 heteroatoms. The smallest absolute Gasteiger partial charge is 0.259 e. The molecule has 0 spiro atoms. The fourth-order valence-corrected chi connectivity index (χ4v) is 1.87. The first-order valence-corrected chi connectivity index (χ1v) is 6.09. The molecule has 2 N–H and O–H groups in total. The van der Waals surface area contributed by atoms with Crippen molar-refractivity contribution in [2.24, 2.45) is 0 Å². The van der Waals surface area contributed by atoms with Crippen LogP contribution in [0, 0.1) is 5.82 Å². The lowest BCUT2D eigenvalue weighted by Crippen LogP contribution is -2.13. The minimum absolute atomic E-state index is 0.121. The molecule has 0 saturated heterocycles. The maximum atomic E-state index is 13.1. The number of para-hydroxylation sites is 1. The van der Waals surface area contributed by atoms with E-state index in [1.54, 1.807) is 24.3 Å². The average molecular weight is 280 g/mol. The molecule has 98 valence electrons. The SMILES string of the molecule is O=C(Nc1ccccc1CCl)c1cc(F)ccc1O. The Balaban J connectivity index is 2.28. The van der Waals surface area contributed by atoms with Crippen molar-refractivity contribution >= 4 is 23.2 Å². The summed E-state index contributed by atoms with van der Waals surface area (Å²) >= 11 is 5.76. The quantitative estimate of drug-likeness (QED) is 0.845. The van der Waals surface area contributed by atoms with Crippen LogP contribution in [0.1, 0.15) is 15.9 Å². The van der Waals surface area contributed by atoms with Gasteiger partial charge in [0.05, 0.1) is 5.56 Å². The number of carbonyl (C=O) groups excluding carboxylic acids is 1. The van der Waals surface area contributed by atoms with Gasteiger partial charge in [0.15, 0.2) is 0 Å². The largest absolute Gasteiger partial charge is 0.507 e. The molecule has 0 atom stereocenters. The van der Waals surface area contributed by atoms with E-state index < -0.39 is 11.7 Å². The molecule has 0 aliphatic rings. The number of nitrogens with one attached hydrogen (secondary N) is 1. The first kappa shape index (κ1) is 13.4. The molecular formula is C14H11ClFNO2.